The first kappa shape index (κ1) is 9.79. The lowest BCUT2D eigenvalue weighted by molar-refractivity contribution is 1.52. The molecule has 1 aromatic rings. The molecular weight excluding hydrogens is 258 g/mol. The third-order valence-electron chi connectivity index (χ3n) is 1.28. The molecule has 1 rings (SSSR count). The summed E-state index contributed by atoms with van der Waals surface area (Å²) in [5, 5.41) is 8.85. The van der Waals surface area contributed by atoms with Gasteiger partial charge in [-0.25, -0.2) is 0 Å². The zero-order chi connectivity index (χ0) is 9.14. The molecule has 0 atom stereocenters. The maximum Gasteiger partial charge on any atom is 0.0928 e. The lowest BCUT2D eigenvalue weighted by Gasteiger charge is -1.86. The Balaban J connectivity index is 3.06. The van der Waals surface area contributed by atoms with Gasteiger partial charge in [0, 0.05) is 11.0 Å². The monoisotopic (exact) mass is 261 g/mol. The molecule has 0 fully saturated rings. The molecule has 0 saturated carbocycles. The highest BCUT2D eigenvalue weighted by molar-refractivity contribution is 9.11. The van der Waals surface area contributed by atoms with Gasteiger partial charge in [-0.1, -0.05) is 11.6 Å². The standard InChI is InChI=1S/C8H5BrClNS/c1-5-4-7(12-8(5)9)6(10)2-3-11/h2,4H,1H3. The van der Waals surface area contributed by atoms with Crippen molar-refractivity contribution in [3.63, 3.8) is 0 Å². The van der Waals surface area contributed by atoms with Crippen molar-refractivity contribution in [2.45, 2.75) is 6.92 Å². The normalized spacial score (nSPS) is 11.3. The fourth-order valence-electron chi connectivity index (χ4n) is 0.705. The second-order valence-electron chi connectivity index (χ2n) is 2.19. The molecule has 0 spiro atoms. The molecule has 62 valence electrons. The zero-order valence-electron chi connectivity index (χ0n) is 6.27. The van der Waals surface area contributed by atoms with Crippen LogP contribution in [-0.4, -0.2) is 0 Å². The van der Waals surface area contributed by atoms with E-state index < -0.39 is 0 Å². The number of aryl methyl sites for hydroxylation is 1. The minimum Gasteiger partial charge on any atom is -0.193 e. The van der Waals surface area contributed by atoms with Crippen molar-refractivity contribution >= 4 is 43.9 Å². The van der Waals surface area contributed by atoms with Crippen LogP contribution < -0.4 is 0 Å². The summed E-state index contributed by atoms with van der Waals surface area (Å²) in [6, 6.07) is 3.84. The number of nitriles is 1. The van der Waals surface area contributed by atoms with E-state index in [1.165, 1.54) is 17.4 Å². The first-order valence-corrected chi connectivity index (χ1v) is 5.15. The number of allylic oxidation sites excluding steroid dienone is 1. The van der Waals surface area contributed by atoms with Crippen LogP contribution in [0.5, 0.6) is 0 Å². The fourth-order valence-corrected chi connectivity index (χ4v) is 2.37. The van der Waals surface area contributed by atoms with Crippen LogP contribution in [0, 0.1) is 18.3 Å². The largest absolute Gasteiger partial charge is 0.193 e. The summed E-state index contributed by atoms with van der Waals surface area (Å²) in [6.07, 6.45) is 1.33. The van der Waals surface area contributed by atoms with Crippen LogP contribution in [0.4, 0.5) is 0 Å². The average molecular weight is 263 g/mol. The molecule has 0 radical (unpaired) electrons. The van der Waals surface area contributed by atoms with Gasteiger partial charge < -0.3 is 0 Å². The number of hydrogen-bond donors (Lipinski definition) is 0. The highest BCUT2D eigenvalue weighted by Crippen LogP contribution is 2.33. The van der Waals surface area contributed by atoms with Gasteiger partial charge in [0.05, 0.1) is 14.9 Å². The molecule has 0 N–H and O–H groups in total. The Morgan fingerprint density at radius 1 is 1.83 bits per heavy atom. The number of nitrogens with zero attached hydrogens (tertiary/aromatic N) is 1. The van der Waals surface area contributed by atoms with Crippen LogP contribution in [0.1, 0.15) is 10.4 Å². The van der Waals surface area contributed by atoms with Gasteiger partial charge in [-0.15, -0.1) is 11.3 Å². The molecule has 0 bridgehead atoms. The summed E-state index contributed by atoms with van der Waals surface area (Å²) < 4.78 is 1.06. The van der Waals surface area contributed by atoms with Crippen molar-refractivity contribution in [3.8, 4) is 6.07 Å². The molecular formula is C8H5BrClNS. The van der Waals surface area contributed by atoms with Crippen molar-refractivity contribution < 1.29 is 0 Å². The molecule has 0 aliphatic carbocycles. The summed E-state index contributed by atoms with van der Waals surface area (Å²) in [7, 11) is 0. The minimum atomic E-state index is 0.497. The van der Waals surface area contributed by atoms with Crippen LogP contribution in [0.3, 0.4) is 0 Å². The van der Waals surface area contributed by atoms with Gasteiger partial charge in [0.25, 0.3) is 0 Å². The SMILES string of the molecule is Cc1cc(C(Cl)=CC#N)sc1Br. The van der Waals surface area contributed by atoms with Crippen molar-refractivity contribution in [2.75, 3.05) is 0 Å². The van der Waals surface area contributed by atoms with Gasteiger partial charge >= 0.3 is 0 Å². The average Bonchev–Trinajstić information content (AvgIpc) is 2.33. The Morgan fingerprint density at radius 3 is 2.92 bits per heavy atom. The second-order valence-corrected chi connectivity index (χ2v) is 4.97. The van der Waals surface area contributed by atoms with E-state index in [0.717, 1.165) is 14.2 Å². The molecule has 4 heteroatoms. The van der Waals surface area contributed by atoms with Gasteiger partial charge in [-0.05, 0) is 34.5 Å². The summed E-state index contributed by atoms with van der Waals surface area (Å²) >= 11 is 10.7. The number of hydrogen-bond acceptors (Lipinski definition) is 2. The van der Waals surface area contributed by atoms with E-state index in [2.05, 4.69) is 15.9 Å². The maximum absolute atomic E-state index is 8.36. The quantitative estimate of drug-likeness (QED) is 0.704. The molecule has 1 nitrogen and oxygen atoms in total. The Morgan fingerprint density at radius 2 is 2.50 bits per heavy atom. The highest BCUT2D eigenvalue weighted by Gasteiger charge is 2.04. The second kappa shape index (κ2) is 4.08. The highest BCUT2D eigenvalue weighted by atomic mass is 79.9. The van der Waals surface area contributed by atoms with Crippen LogP contribution >= 0.6 is 38.9 Å². The van der Waals surface area contributed by atoms with E-state index in [-0.39, 0.29) is 0 Å². The van der Waals surface area contributed by atoms with E-state index in [0.29, 0.717) is 5.03 Å². The van der Waals surface area contributed by atoms with Crippen LogP contribution in [0.2, 0.25) is 0 Å². The molecule has 0 aliphatic rings. The van der Waals surface area contributed by atoms with Crippen LogP contribution in [-0.2, 0) is 0 Å². The molecule has 0 aromatic carbocycles. The van der Waals surface area contributed by atoms with E-state index in [1.54, 1.807) is 0 Å². The maximum atomic E-state index is 8.36. The van der Waals surface area contributed by atoms with Gasteiger partial charge in [-0.2, -0.15) is 5.26 Å². The van der Waals surface area contributed by atoms with Crippen molar-refractivity contribution in [2.24, 2.45) is 0 Å². The molecule has 1 heterocycles. The number of rotatable bonds is 1. The molecule has 0 unspecified atom stereocenters. The Labute approximate surface area is 88.4 Å². The smallest absolute Gasteiger partial charge is 0.0928 e. The van der Waals surface area contributed by atoms with E-state index in [9.17, 15) is 0 Å². The van der Waals surface area contributed by atoms with Gasteiger partial charge in [0.15, 0.2) is 0 Å². The lowest BCUT2D eigenvalue weighted by atomic mass is 10.3. The molecule has 0 aliphatic heterocycles. The Hall–Kier alpha value is -0.300. The predicted molar refractivity (Wildman–Crippen MR) is 56.2 cm³/mol. The van der Waals surface area contributed by atoms with E-state index in [1.807, 2.05) is 19.1 Å². The summed E-state index contributed by atoms with van der Waals surface area (Å²) in [4.78, 5) is 0.919. The Kier molecular flexibility index (Phi) is 3.33. The van der Waals surface area contributed by atoms with Crippen molar-refractivity contribution in [1.29, 1.82) is 5.26 Å². The molecule has 12 heavy (non-hydrogen) atoms. The van der Waals surface area contributed by atoms with Gasteiger partial charge in [0.2, 0.25) is 0 Å². The van der Waals surface area contributed by atoms with Crippen LogP contribution in [0.15, 0.2) is 15.9 Å². The third-order valence-corrected chi connectivity index (χ3v) is 3.88. The molecule has 0 amide bonds. The minimum absolute atomic E-state index is 0.497. The third kappa shape index (κ3) is 2.10. The summed E-state index contributed by atoms with van der Waals surface area (Å²) in [6.45, 7) is 1.99. The van der Waals surface area contributed by atoms with E-state index >= 15 is 0 Å². The number of halogens is 2. The van der Waals surface area contributed by atoms with Crippen molar-refractivity contribution in [1.82, 2.24) is 0 Å². The van der Waals surface area contributed by atoms with Crippen molar-refractivity contribution in [3.05, 3.63) is 26.4 Å². The fraction of sp³-hybridized carbons (Fsp3) is 0.125. The predicted octanol–water partition coefficient (Wildman–Crippen LogP) is 3.92. The van der Waals surface area contributed by atoms with Crippen LogP contribution in [0.25, 0.3) is 5.03 Å². The summed E-state index contributed by atoms with van der Waals surface area (Å²) in [5.74, 6) is 0. The Bertz CT molecular complexity index is 342. The zero-order valence-corrected chi connectivity index (χ0v) is 9.42. The van der Waals surface area contributed by atoms with E-state index in [4.69, 9.17) is 16.9 Å². The topological polar surface area (TPSA) is 23.8 Å². The number of thiophene rings is 1. The lowest BCUT2D eigenvalue weighted by Crippen LogP contribution is -1.65. The van der Waals surface area contributed by atoms with Gasteiger partial charge in [-0.3, -0.25) is 0 Å². The first-order chi connectivity index (χ1) is 5.65. The molecule has 0 saturated heterocycles. The molecule has 1 aromatic heterocycles. The first-order valence-electron chi connectivity index (χ1n) is 3.16. The van der Waals surface area contributed by atoms with Gasteiger partial charge in [0.1, 0.15) is 0 Å². The summed E-state index contributed by atoms with van der Waals surface area (Å²) in [5.41, 5.74) is 1.14.